The van der Waals surface area contributed by atoms with Crippen LogP contribution in [0.5, 0.6) is 0 Å². The van der Waals surface area contributed by atoms with Crippen molar-refractivity contribution in [3.8, 4) is 0 Å². The number of nitrogens with zero attached hydrogens (tertiary/aromatic N) is 5. The molecule has 0 aliphatic carbocycles. The minimum Gasteiger partial charge on any atom is -0.392 e. The van der Waals surface area contributed by atoms with Crippen LogP contribution in [0.15, 0.2) is 23.2 Å². The molecule has 13 heteroatoms. The second-order valence-corrected chi connectivity index (χ2v) is 11.3. The van der Waals surface area contributed by atoms with Crippen molar-refractivity contribution in [3.63, 3.8) is 0 Å². The molecule has 1 aromatic carbocycles. The van der Waals surface area contributed by atoms with Gasteiger partial charge in [-0.15, -0.1) is 0 Å². The molecule has 0 radical (unpaired) electrons. The number of rotatable bonds is 6. The van der Waals surface area contributed by atoms with Crippen LogP contribution in [0.2, 0.25) is 0 Å². The summed E-state index contributed by atoms with van der Waals surface area (Å²) in [6.07, 6.45) is -3.94. The van der Waals surface area contributed by atoms with Gasteiger partial charge >= 0.3 is 6.18 Å². The average molecular weight is 528 g/mol. The van der Waals surface area contributed by atoms with Crippen molar-refractivity contribution in [1.82, 2.24) is 19.5 Å². The first-order valence-electron chi connectivity index (χ1n) is 11.5. The Labute approximate surface area is 206 Å². The number of benzene rings is 1. The number of alkyl halides is 3. The third-order valence-electron chi connectivity index (χ3n) is 6.40. The molecule has 0 saturated heterocycles. The summed E-state index contributed by atoms with van der Waals surface area (Å²) in [4.78, 5) is 14.4. The van der Waals surface area contributed by atoms with E-state index in [9.17, 15) is 31.8 Å². The summed E-state index contributed by atoms with van der Waals surface area (Å²) in [5, 5.41) is 19.8. The zero-order chi connectivity index (χ0) is 26.6. The van der Waals surface area contributed by atoms with Gasteiger partial charge in [-0.2, -0.15) is 13.2 Å². The van der Waals surface area contributed by atoms with E-state index in [0.717, 1.165) is 12.5 Å². The summed E-state index contributed by atoms with van der Waals surface area (Å²) in [6.45, 7) is 5.44. The van der Waals surface area contributed by atoms with E-state index in [1.807, 2.05) is 18.4 Å². The van der Waals surface area contributed by atoms with Crippen molar-refractivity contribution >= 4 is 26.8 Å². The Kier molecular flexibility index (Phi) is 6.77. The second kappa shape index (κ2) is 9.27. The van der Waals surface area contributed by atoms with E-state index in [-0.39, 0.29) is 40.9 Å². The van der Waals surface area contributed by atoms with Crippen LogP contribution in [-0.4, -0.2) is 51.0 Å². The number of aliphatic hydroxyl groups is 2. The van der Waals surface area contributed by atoms with Gasteiger partial charge in [-0.1, -0.05) is 20.8 Å². The lowest BCUT2D eigenvalue weighted by Crippen LogP contribution is -2.42. The monoisotopic (exact) mass is 527 g/mol. The fourth-order valence-electron chi connectivity index (χ4n) is 4.72. The third kappa shape index (κ3) is 4.55. The molecule has 0 saturated carbocycles. The van der Waals surface area contributed by atoms with E-state index in [1.54, 1.807) is 11.8 Å². The van der Waals surface area contributed by atoms with Crippen molar-refractivity contribution in [2.45, 2.75) is 63.6 Å². The maximum absolute atomic E-state index is 13.8. The Morgan fingerprint density at radius 2 is 1.89 bits per heavy atom. The Morgan fingerprint density at radius 3 is 2.44 bits per heavy atom. The number of anilines is 1. The Balaban J connectivity index is 1.87. The SMILES string of the molecule is CC[C@@H](O)c1cnc(N2CCn3c(nc4cc(CO)c(S(C)(=O)=O)cc43)[C@H]2C(C)C)nc1C(F)(F)F. The van der Waals surface area contributed by atoms with Crippen molar-refractivity contribution in [2.75, 3.05) is 17.7 Å². The molecular formula is C23H28F3N5O4S. The molecule has 0 bridgehead atoms. The van der Waals surface area contributed by atoms with Crippen LogP contribution in [0.25, 0.3) is 11.0 Å². The van der Waals surface area contributed by atoms with Gasteiger partial charge in [0.05, 0.1) is 34.7 Å². The molecule has 2 aromatic heterocycles. The number of aromatic nitrogens is 4. The van der Waals surface area contributed by atoms with Crippen molar-refractivity contribution < 1.29 is 31.8 Å². The first kappa shape index (κ1) is 26.3. The highest BCUT2D eigenvalue weighted by molar-refractivity contribution is 7.90. The van der Waals surface area contributed by atoms with Gasteiger partial charge in [0.1, 0.15) is 5.82 Å². The number of halogens is 3. The van der Waals surface area contributed by atoms with Crippen LogP contribution in [0.4, 0.5) is 19.1 Å². The third-order valence-corrected chi connectivity index (χ3v) is 7.58. The molecule has 36 heavy (non-hydrogen) atoms. The summed E-state index contributed by atoms with van der Waals surface area (Å²) in [5.74, 6) is 0.293. The molecule has 4 rings (SSSR count). The molecule has 0 fully saturated rings. The van der Waals surface area contributed by atoms with Gasteiger partial charge in [-0.3, -0.25) is 0 Å². The number of aliphatic hydroxyl groups excluding tert-OH is 2. The highest BCUT2D eigenvalue weighted by Crippen LogP contribution is 2.39. The van der Waals surface area contributed by atoms with E-state index in [0.29, 0.717) is 23.4 Å². The van der Waals surface area contributed by atoms with Gasteiger partial charge in [0.25, 0.3) is 0 Å². The fraction of sp³-hybridized carbons (Fsp3) is 0.522. The van der Waals surface area contributed by atoms with Crippen LogP contribution in [0.3, 0.4) is 0 Å². The number of hydrogen-bond acceptors (Lipinski definition) is 8. The van der Waals surface area contributed by atoms with Gasteiger partial charge in [-0.05, 0) is 30.0 Å². The summed E-state index contributed by atoms with van der Waals surface area (Å²) in [6, 6.07) is 2.50. The van der Waals surface area contributed by atoms with Gasteiger partial charge in [-0.25, -0.2) is 23.4 Å². The largest absolute Gasteiger partial charge is 0.433 e. The molecule has 3 aromatic rings. The van der Waals surface area contributed by atoms with Gasteiger partial charge < -0.3 is 19.7 Å². The molecule has 0 amide bonds. The lowest BCUT2D eigenvalue weighted by atomic mass is 10.00. The normalized spacial score (nSPS) is 17.6. The van der Waals surface area contributed by atoms with Crippen LogP contribution < -0.4 is 4.90 Å². The standard InChI is InChI=1S/C23H28F3N5O4S/c1-5-17(33)14-10-27-22(29-20(14)23(24,25)26)31-7-6-30-16-9-18(36(4,34)35)13(11-32)8-15(16)28-21(30)19(31)12(2)3/h8-10,12,17,19,32-33H,5-7,11H2,1-4H3/t17-,19-/m1/s1. The number of fused-ring (bicyclic) bond motifs is 3. The first-order chi connectivity index (χ1) is 16.8. The van der Waals surface area contributed by atoms with E-state index in [2.05, 4.69) is 9.97 Å². The van der Waals surface area contributed by atoms with Gasteiger partial charge in [0.15, 0.2) is 15.5 Å². The second-order valence-electron chi connectivity index (χ2n) is 9.28. The summed E-state index contributed by atoms with van der Waals surface area (Å²) < 4.78 is 67.9. The van der Waals surface area contributed by atoms with Crippen molar-refractivity contribution in [3.05, 3.63) is 41.0 Å². The Bertz CT molecular complexity index is 1400. The molecule has 2 atom stereocenters. The minimum atomic E-state index is -4.78. The van der Waals surface area contributed by atoms with E-state index >= 15 is 0 Å². The molecule has 196 valence electrons. The number of imidazole rings is 1. The van der Waals surface area contributed by atoms with Crippen LogP contribution >= 0.6 is 0 Å². The lowest BCUT2D eigenvalue weighted by molar-refractivity contribution is -0.142. The Hall–Kier alpha value is -2.77. The smallest absolute Gasteiger partial charge is 0.392 e. The Morgan fingerprint density at radius 1 is 1.19 bits per heavy atom. The van der Waals surface area contributed by atoms with Crippen LogP contribution in [0, 0.1) is 5.92 Å². The molecule has 3 heterocycles. The predicted octanol–water partition coefficient (Wildman–Crippen LogP) is 3.40. The maximum Gasteiger partial charge on any atom is 0.433 e. The lowest BCUT2D eigenvalue weighted by Gasteiger charge is -2.38. The minimum absolute atomic E-state index is 0.00643. The summed E-state index contributed by atoms with van der Waals surface area (Å²) in [7, 11) is -3.62. The highest BCUT2D eigenvalue weighted by Gasteiger charge is 2.40. The van der Waals surface area contributed by atoms with Crippen LogP contribution in [0.1, 0.15) is 62.0 Å². The quantitative estimate of drug-likeness (QED) is 0.500. The number of sulfone groups is 1. The van der Waals surface area contributed by atoms with Crippen molar-refractivity contribution in [2.24, 2.45) is 5.92 Å². The molecule has 0 spiro atoms. The predicted molar refractivity (Wildman–Crippen MR) is 126 cm³/mol. The topological polar surface area (TPSA) is 121 Å². The number of hydrogen-bond donors (Lipinski definition) is 2. The first-order valence-corrected chi connectivity index (χ1v) is 13.4. The average Bonchev–Trinajstić information content (AvgIpc) is 3.17. The summed E-state index contributed by atoms with van der Waals surface area (Å²) in [5.41, 5.74) is -0.280. The zero-order valence-electron chi connectivity index (χ0n) is 20.3. The van der Waals surface area contributed by atoms with E-state index in [4.69, 9.17) is 4.98 Å². The van der Waals surface area contributed by atoms with E-state index < -0.39 is 40.5 Å². The van der Waals surface area contributed by atoms with Crippen molar-refractivity contribution in [1.29, 1.82) is 0 Å². The van der Waals surface area contributed by atoms with E-state index in [1.165, 1.54) is 12.1 Å². The fourth-order valence-corrected chi connectivity index (χ4v) is 5.65. The molecular weight excluding hydrogens is 499 g/mol. The molecule has 1 aliphatic rings. The van der Waals surface area contributed by atoms with Gasteiger partial charge in [0.2, 0.25) is 5.95 Å². The zero-order valence-corrected chi connectivity index (χ0v) is 21.1. The van der Waals surface area contributed by atoms with Gasteiger partial charge in [0, 0.05) is 31.1 Å². The van der Waals surface area contributed by atoms with Crippen LogP contribution in [-0.2, 0) is 29.2 Å². The highest BCUT2D eigenvalue weighted by atomic mass is 32.2. The maximum atomic E-state index is 13.8. The molecule has 1 aliphatic heterocycles. The molecule has 0 unspecified atom stereocenters. The molecule has 2 N–H and O–H groups in total. The summed E-state index contributed by atoms with van der Waals surface area (Å²) >= 11 is 0. The molecule has 9 nitrogen and oxygen atoms in total.